The summed E-state index contributed by atoms with van der Waals surface area (Å²) in [7, 11) is 2.13. The third-order valence-corrected chi connectivity index (χ3v) is 4.03. The zero-order chi connectivity index (χ0) is 14.5. The number of likely N-dealkylation sites (tertiary alicyclic amines) is 1. The summed E-state index contributed by atoms with van der Waals surface area (Å²) in [6.07, 6.45) is 2.67. The lowest BCUT2D eigenvalue weighted by molar-refractivity contribution is 0.0696. The lowest BCUT2D eigenvalue weighted by Gasteiger charge is -2.22. The van der Waals surface area contributed by atoms with Gasteiger partial charge in [-0.2, -0.15) is 0 Å². The minimum Gasteiger partial charge on any atom is -0.478 e. The summed E-state index contributed by atoms with van der Waals surface area (Å²) in [5, 5.41) is 8.97. The highest BCUT2D eigenvalue weighted by Gasteiger charge is 2.12. The fourth-order valence-electron chi connectivity index (χ4n) is 2.69. The Balaban J connectivity index is 1.86. The molecule has 1 heterocycles. The Morgan fingerprint density at radius 1 is 1.35 bits per heavy atom. The molecule has 0 saturated carbocycles. The number of nitrogens with zero attached hydrogens (tertiary/aromatic N) is 2. The number of benzene rings is 1. The number of carboxylic acid groups (broad SMARTS) is 1. The minimum absolute atomic E-state index is 0.367. The molecule has 0 radical (unpaired) electrons. The summed E-state index contributed by atoms with van der Waals surface area (Å²) in [6, 6.07) is 5.39. The van der Waals surface area contributed by atoms with E-state index in [1.165, 1.54) is 31.5 Å². The number of carboxylic acids is 1. The van der Waals surface area contributed by atoms with Crippen molar-refractivity contribution in [3.8, 4) is 0 Å². The van der Waals surface area contributed by atoms with Gasteiger partial charge in [-0.15, -0.1) is 0 Å². The smallest absolute Gasteiger partial charge is 0.335 e. The molecule has 1 aromatic rings. The number of aromatic carboxylic acids is 1. The van der Waals surface area contributed by atoms with Gasteiger partial charge in [-0.05, 0) is 63.2 Å². The second-order valence-electron chi connectivity index (χ2n) is 5.73. The molecule has 1 saturated heterocycles. The van der Waals surface area contributed by atoms with Crippen LogP contribution in [0.15, 0.2) is 18.2 Å². The third-order valence-electron chi connectivity index (χ3n) is 4.03. The van der Waals surface area contributed by atoms with Crippen molar-refractivity contribution >= 4 is 5.97 Å². The van der Waals surface area contributed by atoms with Crippen molar-refractivity contribution in [1.82, 2.24) is 9.80 Å². The van der Waals surface area contributed by atoms with Gasteiger partial charge in [0.25, 0.3) is 0 Å². The topological polar surface area (TPSA) is 43.8 Å². The SMILES string of the molecule is Cc1cc(C(=O)O)ccc1CN(C)CCN1CCCC1. The fraction of sp³-hybridized carbons (Fsp3) is 0.562. The van der Waals surface area contributed by atoms with E-state index in [9.17, 15) is 4.79 Å². The zero-order valence-corrected chi connectivity index (χ0v) is 12.4. The molecule has 0 amide bonds. The molecular weight excluding hydrogens is 252 g/mol. The van der Waals surface area contributed by atoms with Gasteiger partial charge in [0.1, 0.15) is 0 Å². The highest BCUT2D eigenvalue weighted by molar-refractivity contribution is 5.87. The van der Waals surface area contributed by atoms with Gasteiger partial charge in [-0.3, -0.25) is 0 Å². The summed E-state index contributed by atoms with van der Waals surface area (Å²) >= 11 is 0. The maximum atomic E-state index is 10.9. The summed E-state index contributed by atoms with van der Waals surface area (Å²) in [5.41, 5.74) is 2.63. The molecule has 0 bridgehead atoms. The van der Waals surface area contributed by atoms with Gasteiger partial charge in [-0.25, -0.2) is 4.79 Å². The summed E-state index contributed by atoms with van der Waals surface area (Å²) in [5.74, 6) is -0.859. The third kappa shape index (κ3) is 4.05. The van der Waals surface area contributed by atoms with Gasteiger partial charge in [0.2, 0.25) is 0 Å². The molecule has 1 aromatic carbocycles. The summed E-state index contributed by atoms with van der Waals surface area (Å²) in [6.45, 7) is 7.51. The molecule has 110 valence electrons. The number of rotatable bonds is 6. The molecule has 4 nitrogen and oxygen atoms in total. The van der Waals surface area contributed by atoms with Crippen molar-refractivity contribution in [3.63, 3.8) is 0 Å². The second kappa shape index (κ2) is 6.86. The van der Waals surface area contributed by atoms with E-state index in [-0.39, 0.29) is 0 Å². The maximum Gasteiger partial charge on any atom is 0.335 e. The Hall–Kier alpha value is -1.39. The van der Waals surface area contributed by atoms with Crippen LogP contribution in [0, 0.1) is 6.92 Å². The van der Waals surface area contributed by atoms with Crippen LogP contribution < -0.4 is 0 Å². The Bertz CT molecular complexity index is 468. The van der Waals surface area contributed by atoms with Crippen LogP contribution in [0.3, 0.4) is 0 Å². The Labute approximate surface area is 121 Å². The molecule has 0 aromatic heterocycles. The molecule has 2 rings (SSSR count). The monoisotopic (exact) mass is 276 g/mol. The molecule has 0 atom stereocenters. The van der Waals surface area contributed by atoms with Crippen molar-refractivity contribution < 1.29 is 9.90 Å². The Morgan fingerprint density at radius 3 is 2.65 bits per heavy atom. The van der Waals surface area contributed by atoms with E-state index in [4.69, 9.17) is 5.11 Å². The van der Waals surface area contributed by atoms with Crippen LogP contribution in [0.25, 0.3) is 0 Å². The Morgan fingerprint density at radius 2 is 2.05 bits per heavy atom. The average molecular weight is 276 g/mol. The summed E-state index contributed by atoms with van der Waals surface area (Å²) < 4.78 is 0. The lowest BCUT2D eigenvalue weighted by Crippen LogP contribution is -2.31. The van der Waals surface area contributed by atoms with Crippen molar-refractivity contribution in [1.29, 1.82) is 0 Å². The van der Waals surface area contributed by atoms with Crippen LogP contribution in [0.4, 0.5) is 0 Å². The molecule has 4 heteroatoms. The van der Waals surface area contributed by atoms with Crippen LogP contribution in [-0.4, -0.2) is 54.1 Å². The highest BCUT2D eigenvalue weighted by atomic mass is 16.4. The van der Waals surface area contributed by atoms with Crippen molar-refractivity contribution in [2.45, 2.75) is 26.3 Å². The Kier molecular flexibility index (Phi) is 5.15. The van der Waals surface area contributed by atoms with E-state index in [2.05, 4.69) is 16.8 Å². The fourth-order valence-corrected chi connectivity index (χ4v) is 2.69. The molecule has 0 aliphatic carbocycles. The number of hydrogen-bond donors (Lipinski definition) is 1. The van der Waals surface area contributed by atoms with Crippen LogP contribution in [0.1, 0.15) is 34.3 Å². The van der Waals surface area contributed by atoms with E-state index in [1.807, 2.05) is 13.0 Å². The molecule has 1 aliphatic heterocycles. The number of aryl methyl sites for hydroxylation is 1. The largest absolute Gasteiger partial charge is 0.478 e. The number of carbonyl (C=O) groups is 1. The molecule has 1 fully saturated rings. The highest BCUT2D eigenvalue weighted by Crippen LogP contribution is 2.13. The number of likely N-dealkylation sites (N-methyl/N-ethyl adjacent to an activating group) is 1. The standard InChI is InChI=1S/C16H24N2O2/c1-13-11-14(16(19)20)5-6-15(13)12-17(2)9-10-18-7-3-4-8-18/h5-6,11H,3-4,7-10,12H2,1-2H3,(H,19,20). The zero-order valence-electron chi connectivity index (χ0n) is 12.4. The predicted molar refractivity (Wildman–Crippen MR) is 80.1 cm³/mol. The quantitative estimate of drug-likeness (QED) is 0.865. The first kappa shape index (κ1) is 15.0. The van der Waals surface area contributed by atoms with E-state index in [0.717, 1.165) is 25.2 Å². The second-order valence-corrected chi connectivity index (χ2v) is 5.73. The molecular formula is C16H24N2O2. The minimum atomic E-state index is -0.859. The van der Waals surface area contributed by atoms with Crippen molar-refractivity contribution in [2.75, 3.05) is 33.2 Å². The number of hydrogen-bond acceptors (Lipinski definition) is 3. The first-order valence-corrected chi connectivity index (χ1v) is 7.30. The van der Waals surface area contributed by atoms with Crippen LogP contribution in [-0.2, 0) is 6.54 Å². The average Bonchev–Trinajstić information content (AvgIpc) is 2.91. The molecule has 0 spiro atoms. The van der Waals surface area contributed by atoms with Crippen LogP contribution in [0.2, 0.25) is 0 Å². The van der Waals surface area contributed by atoms with Gasteiger partial charge in [0, 0.05) is 19.6 Å². The molecule has 1 aliphatic rings. The first-order valence-electron chi connectivity index (χ1n) is 7.30. The molecule has 20 heavy (non-hydrogen) atoms. The van der Waals surface area contributed by atoms with Crippen molar-refractivity contribution in [3.05, 3.63) is 34.9 Å². The predicted octanol–water partition coefficient (Wildman–Crippen LogP) is 2.22. The lowest BCUT2D eigenvalue weighted by atomic mass is 10.0. The molecule has 0 unspecified atom stereocenters. The van der Waals surface area contributed by atoms with Gasteiger partial charge >= 0.3 is 5.97 Å². The van der Waals surface area contributed by atoms with Crippen molar-refractivity contribution in [2.24, 2.45) is 0 Å². The van der Waals surface area contributed by atoms with E-state index in [0.29, 0.717) is 5.56 Å². The van der Waals surface area contributed by atoms with Gasteiger partial charge in [-0.1, -0.05) is 6.07 Å². The summed E-state index contributed by atoms with van der Waals surface area (Å²) in [4.78, 5) is 15.7. The van der Waals surface area contributed by atoms with Crippen LogP contribution >= 0.6 is 0 Å². The van der Waals surface area contributed by atoms with E-state index >= 15 is 0 Å². The van der Waals surface area contributed by atoms with Gasteiger partial charge < -0.3 is 14.9 Å². The first-order chi connectivity index (χ1) is 9.56. The normalized spacial score (nSPS) is 15.9. The maximum absolute atomic E-state index is 10.9. The van der Waals surface area contributed by atoms with Gasteiger partial charge in [0.05, 0.1) is 5.56 Å². The van der Waals surface area contributed by atoms with E-state index < -0.39 is 5.97 Å². The molecule has 1 N–H and O–H groups in total. The van der Waals surface area contributed by atoms with E-state index in [1.54, 1.807) is 12.1 Å². The van der Waals surface area contributed by atoms with Gasteiger partial charge in [0.15, 0.2) is 0 Å². The van der Waals surface area contributed by atoms with Crippen LogP contribution in [0.5, 0.6) is 0 Å².